The van der Waals surface area contributed by atoms with Crippen molar-refractivity contribution in [2.45, 2.75) is 56.5 Å². The van der Waals surface area contributed by atoms with Crippen LogP contribution in [0.4, 0.5) is 0 Å². The highest BCUT2D eigenvalue weighted by Crippen LogP contribution is 2.30. The Bertz CT molecular complexity index is 620. The molecule has 2 amide bonds. The highest BCUT2D eigenvalue weighted by Gasteiger charge is 2.42. The van der Waals surface area contributed by atoms with E-state index in [2.05, 4.69) is 11.9 Å². The summed E-state index contributed by atoms with van der Waals surface area (Å²) in [5.74, 6) is 0.183. The molecule has 4 aliphatic rings. The highest BCUT2D eigenvalue weighted by molar-refractivity contribution is 5.79. The second kappa shape index (κ2) is 10.6. The van der Waals surface area contributed by atoms with Gasteiger partial charge >= 0.3 is 0 Å². The van der Waals surface area contributed by atoms with E-state index in [0.717, 1.165) is 51.9 Å². The van der Waals surface area contributed by atoms with Crippen LogP contribution in [0.25, 0.3) is 0 Å². The van der Waals surface area contributed by atoms with E-state index in [4.69, 9.17) is 14.2 Å². The molecule has 9 nitrogen and oxygen atoms in total. The van der Waals surface area contributed by atoms with Crippen molar-refractivity contribution in [3.63, 3.8) is 0 Å². The lowest BCUT2D eigenvalue weighted by Crippen LogP contribution is -2.59. The highest BCUT2D eigenvalue weighted by atomic mass is 16.5. The third-order valence-corrected chi connectivity index (χ3v) is 7.09. The maximum absolute atomic E-state index is 13.3. The molecule has 0 unspecified atom stereocenters. The smallest absolute Gasteiger partial charge is 0.226 e. The van der Waals surface area contributed by atoms with Crippen LogP contribution in [-0.4, -0.2) is 122 Å². The number of likely N-dealkylation sites (N-methyl/N-ethyl adjacent to an activating group) is 1. The molecule has 176 valence electrons. The minimum absolute atomic E-state index is 0.0570. The molecule has 0 aromatic carbocycles. The Morgan fingerprint density at radius 3 is 2.45 bits per heavy atom. The summed E-state index contributed by atoms with van der Waals surface area (Å²) in [4.78, 5) is 32.1. The number of aliphatic hydroxyl groups excluding tert-OH is 1. The number of rotatable bonds is 3. The fraction of sp³-hybridized carbons (Fsp3) is 0.909. The number of β-amino-alcohol motifs (C(OH)–C–C–N with tert-alkyl or cyclic N) is 1. The van der Waals surface area contributed by atoms with E-state index in [1.165, 1.54) is 0 Å². The minimum atomic E-state index is -0.693. The standard InChI is InChI=1S/C22H37N3O6/c1-23-6-8-24(9-7-23)21(27)12-18-2-3-19-20(31-18)15-30-14-17(26)13-25(19)22(28)16-4-10-29-11-5-16/h16-20,26H,2-15H2,1H3/t17-,18-,19+,20-/m0/s1. The Morgan fingerprint density at radius 2 is 1.71 bits per heavy atom. The van der Waals surface area contributed by atoms with Gasteiger partial charge in [0, 0.05) is 51.9 Å². The molecule has 31 heavy (non-hydrogen) atoms. The predicted octanol–water partition coefficient (Wildman–Crippen LogP) is -0.287. The number of piperazine rings is 1. The number of amides is 2. The number of nitrogens with zero attached hydrogens (tertiary/aromatic N) is 3. The molecule has 0 spiro atoms. The van der Waals surface area contributed by atoms with Gasteiger partial charge in [-0.05, 0) is 32.7 Å². The lowest BCUT2D eigenvalue weighted by atomic mass is 9.91. The zero-order valence-electron chi connectivity index (χ0n) is 18.6. The summed E-state index contributed by atoms with van der Waals surface area (Å²) >= 11 is 0. The molecular weight excluding hydrogens is 402 g/mol. The molecule has 4 fully saturated rings. The molecule has 0 saturated carbocycles. The molecule has 0 aromatic heterocycles. The van der Waals surface area contributed by atoms with Gasteiger partial charge in [-0.3, -0.25) is 9.59 Å². The van der Waals surface area contributed by atoms with Crippen LogP contribution in [0, 0.1) is 5.92 Å². The van der Waals surface area contributed by atoms with Crippen molar-refractivity contribution in [1.82, 2.24) is 14.7 Å². The third kappa shape index (κ3) is 5.76. The number of carbonyl (C=O) groups is 2. The predicted molar refractivity (Wildman–Crippen MR) is 112 cm³/mol. The molecule has 4 atom stereocenters. The van der Waals surface area contributed by atoms with E-state index in [9.17, 15) is 14.7 Å². The van der Waals surface area contributed by atoms with Crippen molar-refractivity contribution in [3.8, 4) is 0 Å². The molecule has 4 heterocycles. The second-order valence-electron chi connectivity index (χ2n) is 9.40. The largest absolute Gasteiger partial charge is 0.389 e. The van der Waals surface area contributed by atoms with Crippen LogP contribution in [0.5, 0.6) is 0 Å². The summed E-state index contributed by atoms with van der Waals surface area (Å²) in [6.07, 6.45) is 2.21. The van der Waals surface area contributed by atoms with Crippen LogP contribution in [0.2, 0.25) is 0 Å². The number of hydrogen-bond donors (Lipinski definition) is 1. The van der Waals surface area contributed by atoms with Crippen LogP contribution >= 0.6 is 0 Å². The average Bonchev–Trinajstić information content (AvgIpc) is 2.77. The first-order valence-corrected chi connectivity index (χ1v) is 11.8. The van der Waals surface area contributed by atoms with E-state index in [1.54, 1.807) is 0 Å². The lowest BCUT2D eigenvalue weighted by Gasteiger charge is -2.46. The zero-order valence-corrected chi connectivity index (χ0v) is 18.6. The van der Waals surface area contributed by atoms with Crippen molar-refractivity contribution in [2.24, 2.45) is 5.92 Å². The molecular formula is C22H37N3O6. The normalized spacial score (nSPS) is 34.0. The van der Waals surface area contributed by atoms with Crippen molar-refractivity contribution in [3.05, 3.63) is 0 Å². The Balaban J connectivity index is 1.38. The molecule has 4 saturated heterocycles. The molecule has 4 aliphatic heterocycles. The van der Waals surface area contributed by atoms with Crippen molar-refractivity contribution < 1.29 is 28.9 Å². The Morgan fingerprint density at radius 1 is 0.968 bits per heavy atom. The van der Waals surface area contributed by atoms with Crippen LogP contribution in [0.3, 0.4) is 0 Å². The van der Waals surface area contributed by atoms with Crippen LogP contribution in [-0.2, 0) is 23.8 Å². The summed E-state index contributed by atoms with van der Waals surface area (Å²) in [5, 5.41) is 10.3. The van der Waals surface area contributed by atoms with Gasteiger partial charge in [-0.2, -0.15) is 0 Å². The van der Waals surface area contributed by atoms with E-state index in [1.807, 2.05) is 9.80 Å². The van der Waals surface area contributed by atoms with Gasteiger partial charge in [0.2, 0.25) is 11.8 Å². The fourth-order valence-corrected chi connectivity index (χ4v) is 5.15. The minimum Gasteiger partial charge on any atom is -0.389 e. The first-order valence-electron chi connectivity index (χ1n) is 11.8. The SMILES string of the molecule is CN1CCN(C(=O)C[C@@H]2CC[C@@H]3[C@H](COC[C@@H](O)CN3C(=O)C3CCOCC3)O2)CC1. The van der Waals surface area contributed by atoms with Gasteiger partial charge in [-0.1, -0.05) is 0 Å². The molecule has 1 N–H and O–H groups in total. The van der Waals surface area contributed by atoms with E-state index >= 15 is 0 Å². The summed E-state index contributed by atoms with van der Waals surface area (Å²) in [7, 11) is 2.07. The topological polar surface area (TPSA) is 91.8 Å². The van der Waals surface area contributed by atoms with Crippen LogP contribution in [0.15, 0.2) is 0 Å². The van der Waals surface area contributed by atoms with E-state index in [0.29, 0.717) is 26.2 Å². The number of carbonyl (C=O) groups excluding carboxylic acids is 2. The molecule has 4 rings (SSSR count). The van der Waals surface area contributed by atoms with E-state index < -0.39 is 6.10 Å². The van der Waals surface area contributed by atoms with E-state index in [-0.39, 0.29) is 49.1 Å². The van der Waals surface area contributed by atoms with Gasteiger partial charge in [-0.15, -0.1) is 0 Å². The maximum Gasteiger partial charge on any atom is 0.226 e. The first-order chi connectivity index (χ1) is 15.0. The van der Waals surface area contributed by atoms with Gasteiger partial charge < -0.3 is 34.0 Å². The fourth-order valence-electron chi connectivity index (χ4n) is 5.15. The third-order valence-electron chi connectivity index (χ3n) is 7.09. The van der Waals surface area contributed by atoms with Gasteiger partial charge in [-0.25, -0.2) is 0 Å². The first kappa shape index (κ1) is 22.9. The van der Waals surface area contributed by atoms with Crippen molar-refractivity contribution in [2.75, 3.05) is 66.2 Å². The van der Waals surface area contributed by atoms with Gasteiger partial charge in [0.25, 0.3) is 0 Å². The Kier molecular flexibility index (Phi) is 7.81. The van der Waals surface area contributed by atoms with Crippen molar-refractivity contribution in [1.29, 1.82) is 0 Å². The van der Waals surface area contributed by atoms with Gasteiger partial charge in [0.05, 0.1) is 37.9 Å². The number of hydrogen-bond acceptors (Lipinski definition) is 7. The summed E-state index contributed by atoms with van der Waals surface area (Å²) in [6, 6.07) is -0.125. The van der Waals surface area contributed by atoms with Crippen molar-refractivity contribution >= 4 is 11.8 Å². The van der Waals surface area contributed by atoms with Gasteiger partial charge in [0.15, 0.2) is 0 Å². The molecule has 0 aliphatic carbocycles. The molecule has 9 heteroatoms. The number of fused-ring (bicyclic) bond motifs is 1. The summed E-state index contributed by atoms with van der Waals surface area (Å²) in [5.41, 5.74) is 0. The zero-order chi connectivity index (χ0) is 21.8. The second-order valence-corrected chi connectivity index (χ2v) is 9.40. The monoisotopic (exact) mass is 439 g/mol. The number of ether oxygens (including phenoxy) is 3. The molecule has 0 bridgehead atoms. The Labute approximate surface area is 184 Å². The average molecular weight is 440 g/mol. The molecule has 0 radical (unpaired) electrons. The Hall–Kier alpha value is -1.26. The summed E-state index contributed by atoms with van der Waals surface area (Å²) < 4.78 is 17.4. The molecule has 0 aromatic rings. The summed E-state index contributed by atoms with van der Waals surface area (Å²) in [6.45, 7) is 5.35. The number of aliphatic hydroxyl groups is 1. The van der Waals surface area contributed by atoms with Crippen LogP contribution in [0.1, 0.15) is 32.1 Å². The quantitative estimate of drug-likeness (QED) is 0.646. The maximum atomic E-state index is 13.3. The van der Waals surface area contributed by atoms with Gasteiger partial charge in [0.1, 0.15) is 6.10 Å². The van der Waals surface area contributed by atoms with Crippen LogP contribution < -0.4 is 0 Å². The lowest BCUT2D eigenvalue weighted by molar-refractivity contribution is -0.174.